The molecule has 0 radical (unpaired) electrons. The van der Waals surface area contributed by atoms with Crippen molar-refractivity contribution < 1.29 is 4.42 Å². The smallest absolute Gasteiger partial charge is 0.228 e. The van der Waals surface area contributed by atoms with Crippen LogP contribution in [0.15, 0.2) is 70.1 Å². The molecule has 0 aliphatic heterocycles. The van der Waals surface area contributed by atoms with Gasteiger partial charge in [-0.15, -0.1) is 0 Å². The van der Waals surface area contributed by atoms with Crippen molar-refractivity contribution in [1.29, 1.82) is 0 Å². The second-order valence-corrected chi connectivity index (χ2v) is 6.81. The molecule has 0 N–H and O–H groups in total. The number of benzene rings is 3. The minimum atomic E-state index is 0.485. The molecule has 0 saturated carbocycles. The van der Waals surface area contributed by atoms with E-state index in [1.165, 1.54) is 0 Å². The van der Waals surface area contributed by atoms with Crippen LogP contribution in [0.3, 0.4) is 0 Å². The van der Waals surface area contributed by atoms with E-state index in [4.69, 9.17) is 27.6 Å². The first-order valence-electron chi connectivity index (χ1n) is 8.05. The van der Waals surface area contributed by atoms with E-state index < -0.39 is 0 Å². The van der Waals surface area contributed by atoms with Gasteiger partial charge in [-0.3, -0.25) is 4.99 Å². The van der Waals surface area contributed by atoms with Gasteiger partial charge in [0.1, 0.15) is 5.52 Å². The van der Waals surface area contributed by atoms with E-state index in [9.17, 15) is 0 Å². The van der Waals surface area contributed by atoms with Gasteiger partial charge < -0.3 is 4.42 Å². The summed E-state index contributed by atoms with van der Waals surface area (Å²) in [6.07, 6.45) is 1.78. The van der Waals surface area contributed by atoms with Crippen LogP contribution in [-0.4, -0.2) is 11.2 Å². The molecule has 0 bridgehead atoms. The van der Waals surface area contributed by atoms with Gasteiger partial charge in [-0.1, -0.05) is 41.4 Å². The molecule has 0 aliphatic rings. The van der Waals surface area contributed by atoms with Crippen LogP contribution < -0.4 is 0 Å². The molecule has 0 saturated heterocycles. The Morgan fingerprint density at radius 2 is 1.77 bits per heavy atom. The van der Waals surface area contributed by atoms with Gasteiger partial charge in [-0.05, 0) is 60.5 Å². The summed E-state index contributed by atoms with van der Waals surface area (Å²) in [5.41, 5.74) is 5.11. The highest BCUT2D eigenvalue weighted by molar-refractivity contribution is 6.33. The predicted molar refractivity (Wildman–Crippen MR) is 108 cm³/mol. The van der Waals surface area contributed by atoms with Gasteiger partial charge in [0.2, 0.25) is 5.89 Å². The van der Waals surface area contributed by atoms with Crippen molar-refractivity contribution in [2.45, 2.75) is 6.92 Å². The second-order valence-electron chi connectivity index (χ2n) is 5.96. The highest BCUT2D eigenvalue weighted by Gasteiger charge is 2.12. The first-order valence-corrected chi connectivity index (χ1v) is 8.81. The number of hydrogen-bond donors (Lipinski definition) is 0. The molecule has 0 amide bonds. The highest BCUT2D eigenvalue weighted by atomic mass is 35.5. The lowest BCUT2D eigenvalue weighted by atomic mass is 10.2. The van der Waals surface area contributed by atoms with E-state index in [-0.39, 0.29) is 0 Å². The maximum absolute atomic E-state index is 6.36. The van der Waals surface area contributed by atoms with Gasteiger partial charge in [0.15, 0.2) is 5.58 Å². The summed E-state index contributed by atoms with van der Waals surface area (Å²) in [5.74, 6) is 0.485. The van der Waals surface area contributed by atoms with Crippen molar-refractivity contribution in [3.8, 4) is 11.5 Å². The number of fused-ring (bicyclic) bond motifs is 1. The Morgan fingerprint density at radius 3 is 2.58 bits per heavy atom. The van der Waals surface area contributed by atoms with Crippen molar-refractivity contribution in [2.24, 2.45) is 4.99 Å². The third-order valence-corrected chi connectivity index (χ3v) is 4.54. The second kappa shape index (κ2) is 6.94. The average molecular weight is 381 g/mol. The third-order valence-electron chi connectivity index (χ3n) is 3.96. The van der Waals surface area contributed by atoms with Crippen molar-refractivity contribution in [1.82, 2.24) is 4.98 Å². The molecule has 3 nitrogen and oxygen atoms in total. The summed E-state index contributed by atoms with van der Waals surface area (Å²) >= 11 is 12.3. The zero-order valence-electron chi connectivity index (χ0n) is 13.9. The Labute approximate surface area is 160 Å². The van der Waals surface area contributed by atoms with Gasteiger partial charge in [0.05, 0.1) is 16.3 Å². The summed E-state index contributed by atoms with van der Waals surface area (Å²) in [6, 6.07) is 18.9. The summed E-state index contributed by atoms with van der Waals surface area (Å²) < 4.78 is 5.86. The fourth-order valence-electron chi connectivity index (χ4n) is 2.61. The van der Waals surface area contributed by atoms with Gasteiger partial charge in [-0.2, -0.15) is 0 Å². The lowest BCUT2D eigenvalue weighted by Crippen LogP contribution is -1.82. The quantitative estimate of drug-likeness (QED) is 0.364. The number of rotatable bonds is 3. The number of oxazole rings is 1. The van der Waals surface area contributed by atoms with E-state index in [2.05, 4.69) is 9.98 Å². The molecule has 1 aromatic heterocycles. The first kappa shape index (κ1) is 16.8. The van der Waals surface area contributed by atoms with Crippen LogP contribution in [0.4, 0.5) is 5.69 Å². The van der Waals surface area contributed by atoms with Crippen molar-refractivity contribution in [3.05, 3.63) is 81.8 Å². The largest absolute Gasteiger partial charge is 0.436 e. The van der Waals surface area contributed by atoms with E-state index in [0.29, 0.717) is 21.5 Å². The molecular weight excluding hydrogens is 367 g/mol. The van der Waals surface area contributed by atoms with Crippen LogP contribution >= 0.6 is 23.2 Å². The van der Waals surface area contributed by atoms with Crippen LogP contribution in [0.1, 0.15) is 11.1 Å². The lowest BCUT2D eigenvalue weighted by Gasteiger charge is -2.01. The number of aryl methyl sites for hydroxylation is 1. The summed E-state index contributed by atoms with van der Waals surface area (Å²) in [7, 11) is 0. The molecule has 4 aromatic rings. The van der Waals surface area contributed by atoms with E-state index >= 15 is 0 Å². The van der Waals surface area contributed by atoms with Crippen molar-refractivity contribution in [3.63, 3.8) is 0 Å². The standard InChI is InChI=1S/C21H14Cl2N2O/c1-13-2-9-20-19(10-13)25-21(26-20)17-11-16(7-8-18(17)23)24-12-14-3-5-15(22)6-4-14/h2-12H,1H3. The lowest BCUT2D eigenvalue weighted by molar-refractivity contribution is 0.620. The van der Waals surface area contributed by atoms with Gasteiger partial charge >= 0.3 is 0 Å². The molecule has 0 spiro atoms. The Morgan fingerprint density at radius 1 is 0.962 bits per heavy atom. The Hall–Kier alpha value is -2.62. The maximum Gasteiger partial charge on any atom is 0.228 e. The predicted octanol–water partition coefficient (Wildman–Crippen LogP) is 6.86. The number of halogens is 2. The van der Waals surface area contributed by atoms with Crippen LogP contribution in [0.25, 0.3) is 22.6 Å². The van der Waals surface area contributed by atoms with E-state index in [1.54, 1.807) is 12.3 Å². The minimum absolute atomic E-state index is 0.485. The van der Waals surface area contributed by atoms with Gasteiger partial charge in [0, 0.05) is 11.2 Å². The fourth-order valence-corrected chi connectivity index (χ4v) is 2.93. The maximum atomic E-state index is 6.36. The first-order chi connectivity index (χ1) is 12.6. The number of hydrogen-bond acceptors (Lipinski definition) is 3. The molecule has 0 fully saturated rings. The molecule has 1 heterocycles. The normalized spacial score (nSPS) is 11.5. The molecule has 5 heteroatoms. The topological polar surface area (TPSA) is 38.4 Å². The molecule has 4 rings (SSSR count). The fraction of sp³-hybridized carbons (Fsp3) is 0.0476. The highest BCUT2D eigenvalue weighted by Crippen LogP contribution is 2.33. The summed E-state index contributed by atoms with van der Waals surface area (Å²) in [5, 5.41) is 1.26. The molecule has 0 atom stereocenters. The van der Waals surface area contributed by atoms with Crippen LogP contribution in [0.5, 0.6) is 0 Å². The molecule has 0 unspecified atom stereocenters. The minimum Gasteiger partial charge on any atom is -0.436 e. The Bertz CT molecular complexity index is 1110. The zero-order valence-corrected chi connectivity index (χ0v) is 15.4. The molecular formula is C21H14Cl2N2O. The number of aromatic nitrogens is 1. The van der Waals surface area contributed by atoms with Crippen molar-refractivity contribution in [2.75, 3.05) is 0 Å². The van der Waals surface area contributed by atoms with Gasteiger partial charge in [-0.25, -0.2) is 4.98 Å². The number of aliphatic imine (C=N–C) groups is 1. The summed E-state index contributed by atoms with van der Waals surface area (Å²) in [4.78, 5) is 9.06. The monoisotopic (exact) mass is 380 g/mol. The Kier molecular flexibility index (Phi) is 4.49. The zero-order chi connectivity index (χ0) is 18.1. The molecule has 128 valence electrons. The Balaban J connectivity index is 1.70. The van der Waals surface area contributed by atoms with Gasteiger partial charge in [0.25, 0.3) is 0 Å². The average Bonchev–Trinajstić information content (AvgIpc) is 3.05. The van der Waals surface area contributed by atoms with Crippen LogP contribution in [0, 0.1) is 6.92 Å². The van der Waals surface area contributed by atoms with Crippen LogP contribution in [-0.2, 0) is 0 Å². The molecule has 26 heavy (non-hydrogen) atoms. The summed E-state index contributed by atoms with van der Waals surface area (Å²) in [6.45, 7) is 2.02. The molecule has 0 aliphatic carbocycles. The SMILES string of the molecule is Cc1ccc2oc(-c3cc(N=Cc4ccc(Cl)cc4)ccc3Cl)nc2c1. The van der Waals surface area contributed by atoms with Crippen LogP contribution in [0.2, 0.25) is 10.0 Å². The third kappa shape index (κ3) is 3.50. The number of nitrogens with zero attached hydrogens (tertiary/aromatic N) is 2. The van der Waals surface area contributed by atoms with E-state index in [1.807, 2.05) is 61.5 Å². The molecule has 3 aromatic carbocycles. The van der Waals surface area contributed by atoms with E-state index in [0.717, 1.165) is 27.9 Å². The van der Waals surface area contributed by atoms with Crippen molar-refractivity contribution >= 4 is 46.2 Å².